The third kappa shape index (κ3) is 4.34. The predicted octanol–water partition coefficient (Wildman–Crippen LogP) is 1.63. The van der Waals surface area contributed by atoms with Crippen LogP contribution in [-0.4, -0.2) is 67.1 Å². The van der Waals surface area contributed by atoms with Gasteiger partial charge in [0.2, 0.25) is 10.0 Å². The molecule has 0 amide bonds. The topological polar surface area (TPSA) is 40.6 Å². The van der Waals surface area contributed by atoms with Gasteiger partial charge in [-0.2, -0.15) is 16.1 Å². The Hall–Kier alpha value is 0.220. The lowest BCUT2D eigenvalue weighted by atomic mass is 10.1. The van der Waals surface area contributed by atoms with Gasteiger partial charge in [-0.1, -0.05) is 6.42 Å². The molecule has 2 aliphatic rings. The molecule has 1 unspecified atom stereocenters. The molecule has 1 atom stereocenters. The van der Waals surface area contributed by atoms with Gasteiger partial charge in [0, 0.05) is 24.9 Å². The molecule has 0 aromatic heterocycles. The van der Waals surface area contributed by atoms with Gasteiger partial charge in [0.15, 0.2) is 0 Å². The first kappa shape index (κ1) is 15.6. The number of nitrogens with zero attached hydrogens (tertiary/aromatic N) is 2. The zero-order valence-corrected chi connectivity index (χ0v) is 13.5. The standard InChI is InChI=1S/C13H26N2O2S2/c1-2-19(16,17)15-9-6-10-18-12-13(15)11-14-7-4-3-5-8-14/h13H,2-12H2,1H3. The smallest absolute Gasteiger partial charge is 0.214 e. The maximum Gasteiger partial charge on any atom is 0.214 e. The molecule has 2 rings (SSSR count). The van der Waals surface area contributed by atoms with Gasteiger partial charge in [0.05, 0.1) is 5.75 Å². The van der Waals surface area contributed by atoms with E-state index < -0.39 is 10.0 Å². The van der Waals surface area contributed by atoms with E-state index in [1.165, 1.54) is 19.3 Å². The van der Waals surface area contributed by atoms with Crippen molar-refractivity contribution in [1.82, 2.24) is 9.21 Å². The Morgan fingerprint density at radius 2 is 1.84 bits per heavy atom. The van der Waals surface area contributed by atoms with Crippen LogP contribution in [0.1, 0.15) is 32.6 Å². The summed E-state index contributed by atoms with van der Waals surface area (Å²) in [5.41, 5.74) is 0. The molecule has 0 bridgehead atoms. The maximum absolute atomic E-state index is 12.3. The van der Waals surface area contributed by atoms with Crippen LogP contribution in [0.3, 0.4) is 0 Å². The van der Waals surface area contributed by atoms with Crippen molar-refractivity contribution in [1.29, 1.82) is 0 Å². The Labute approximate surface area is 122 Å². The van der Waals surface area contributed by atoms with E-state index in [2.05, 4.69) is 4.90 Å². The Morgan fingerprint density at radius 3 is 2.53 bits per heavy atom. The highest BCUT2D eigenvalue weighted by atomic mass is 32.2. The zero-order chi connectivity index (χ0) is 13.7. The Bertz CT molecular complexity index is 367. The number of likely N-dealkylation sites (tertiary alicyclic amines) is 1. The van der Waals surface area contributed by atoms with Crippen molar-refractivity contribution in [2.75, 3.05) is 43.4 Å². The van der Waals surface area contributed by atoms with E-state index >= 15 is 0 Å². The van der Waals surface area contributed by atoms with Crippen LogP contribution in [0.5, 0.6) is 0 Å². The maximum atomic E-state index is 12.3. The highest BCUT2D eigenvalue weighted by Crippen LogP contribution is 2.21. The van der Waals surface area contributed by atoms with Gasteiger partial charge < -0.3 is 4.90 Å². The summed E-state index contributed by atoms with van der Waals surface area (Å²) in [7, 11) is -3.05. The monoisotopic (exact) mass is 306 g/mol. The fraction of sp³-hybridized carbons (Fsp3) is 1.00. The highest BCUT2D eigenvalue weighted by molar-refractivity contribution is 7.99. The summed E-state index contributed by atoms with van der Waals surface area (Å²) in [6.07, 6.45) is 4.84. The van der Waals surface area contributed by atoms with Gasteiger partial charge in [-0.3, -0.25) is 0 Å². The first-order valence-electron chi connectivity index (χ1n) is 7.43. The van der Waals surface area contributed by atoms with Crippen molar-refractivity contribution in [3.8, 4) is 0 Å². The van der Waals surface area contributed by atoms with E-state index in [0.29, 0.717) is 6.54 Å². The molecular weight excluding hydrogens is 280 g/mol. The average molecular weight is 306 g/mol. The van der Waals surface area contributed by atoms with E-state index in [0.717, 1.165) is 37.6 Å². The van der Waals surface area contributed by atoms with Crippen LogP contribution in [0.15, 0.2) is 0 Å². The molecule has 112 valence electrons. The summed E-state index contributed by atoms with van der Waals surface area (Å²) in [5.74, 6) is 2.27. The van der Waals surface area contributed by atoms with Crippen LogP contribution < -0.4 is 0 Å². The number of hydrogen-bond donors (Lipinski definition) is 0. The quantitative estimate of drug-likeness (QED) is 0.791. The average Bonchev–Trinajstić information content (AvgIpc) is 2.66. The molecule has 0 aliphatic carbocycles. The molecule has 0 aromatic carbocycles. The van der Waals surface area contributed by atoms with Gasteiger partial charge in [-0.05, 0) is 45.0 Å². The van der Waals surface area contributed by atoms with Gasteiger partial charge in [-0.15, -0.1) is 0 Å². The van der Waals surface area contributed by atoms with Gasteiger partial charge in [0.1, 0.15) is 0 Å². The van der Waals surface area contributed by atoms with E-state index in [-0.39, 0.29) is 11.8 Å². The fourth-order valence-corrected chi connectivity index (χ4v) is 5.41. The molecule has 2 aliphatic heterocycles. The van der Waals surface area contributed by atoms with Crippen molar-refractivity contribution >= 4 is 21.8 Å². The van der Waals surface area contributed by atoms with Crippen LogP contribution in [0.25, 0.3) is 0 Å². The van der Waals surface area contributed by atoms with Crippen LogP contribution in [0.2, 0.25) is 0 Å². The number of rotatable bonds is 4. The summed E-state index contributed by atoms with van der Waals surface area (Å²) < 4.78 is 26.3. The van der Waals surface area contributed by atoms with E-state index in [1.807, 2.05) is 11.8 Å². The van der Waals surface area contributed by atoms with E-state index in [4.69, 9.17) is 0 Å². The Balaban J connectivity index is 2.04. The second kappa shape index (κ2) is 7.29. The van der Waals surface area contributed by atoms with Crippen molar-refractivity contribution in [3.63, 3.8) is 0 Å². The van der Waals surface area contributed by atoms with E-state index in [1.54, 1.807) is 11.2 Å². The first-order chi connectivity index (χ1) is 9.13. The number of piperidine rings is 1. The predicted molar refractivity (Wildman–Crippen MR) is 82.2 cm³/mol. The summed E-state index contributed by atoms with van der Waals surface area (Å²) in [4.78, 5) is 2.46. The first-order valence-corrected chi connectivity index (χ1v) is 10.2. The SMILES string of the molecule is CCS(=O)(=O)N1CCCSCC1CN1CCCCC1. The Morgan fingerprint density at radius 1 is 1.11 bits per heavy atom. The normalized spacial score (nSPS) is 28.2. The molecule has 2 saturated heterocycles. The molecule has 2 fully saturated rings. The minimum Gasteiger partial charge on any atom is -0.302 e. The zero-order valence-electron chi connectivity index (χ0n) is 11.9. The largest absolute Gasteiger partial charge is 0.302 e. The number of sulfonamides is 1. The van der Waals surface area contributed by atoms with Crippen molar-refractivity contribution in [2.24, 2.45) is 0 Å². The summed E-state index contributed by atoms with van der Waals surface area (Å²) in [5, 5.41) is 0. The molecule has 4 nitrogen and oxygen atoms in total. The fourth-order valence-electron chi connectivity index (χ4n) is 2.92. The summed E-state index contributed by atoms with van der Waals surface area (Å²) in [6.45, 7) is 5.67. The third-order valence-electron chi connectivity index (χ3n) is 4.02. The van der Waals surface area contributed by atoms with Crippen LogP contribution in [-0.2, 0) is 10.0 Å². The lowest BCUT2D eigenvalue weighted by Crippen LogP contribution is -2.49. The molecule has 19 heavy (non-hydrogen) atoms. The lowest BCUT2D eigenvalue weighted by Gasteiger charge is -2.34. The van der Waals surface area contributed by atoms with Crippen molar-refractivity contribution in [3.05, 3.63) is 0 Å². The molecule has 0 radical (unpaired) electrons. The minimum atomic E-state index is -3.05. The van der Waals surface area contributed by atoms with Crippen molar-refractivity contribution < 1.29 is 8.42 Å². The minimum absolute atomic E-state index is 0.176. The molecule has 6 heteroatoms. The number of hydrogen-bond acceptors (Lipinski definition) is 4. The Kier molecular flexibility index (Phi) is 5.99. The molecule has 0 aromatic rings. The van der Waals surface area contributed by atoms with Crippen LogP contribution in [0.4, 0.5) is 0 Å². The molecule has 0 N–H and O–H groups in total. The van der Waals surface area contributed by atoms with E-state index in [9.17, 15) is 8.42 Å². The van der Waals surface area contributed by atoms with Crippen molar-refractivity contribution in [2.45, 2.75) is 38.6 Å². The summed E-state index contributed by atoms with van der Waals surface area (Å²) in [6, 6.07) is 0.176. The van der Waals surface area contributed by atoms with Crippen LogP contribution in [0, 0.1) is 0 Å². The van der Waals surface area contributed by atoms with Gasteiger partial charge >= 0.3 is 0 Å². The second-order valence-electron chi connectivity index (χ2n) is 5.45. The third-order valence-corrected chi connectivity index (χ3v) is 7.15. The van der Waals surface area contributed by atoms with Gasteiger partial charge in [0.25, 0.3) is 0 Å². The molecule has 0 spiro atoms. The summed E-state index contributed by atoms with van der Waals surface area (Å²) >= 11 is 1.91. The second-order valence-corrected chi connectivity index (χ2v) is 8.81. The molecule has 2 heterocycles. The molecule has 0 saturated carbocycles. The molecular formula is C13H26N2O2S2. The lowest BCUT2D eigenvalue weighted by molar-refractivity contribution is 0.183. The highest BCUT2D eigenvalue weighted by Gasteiger charge is 2.31. The van der Waals surface area contributed by atoms with Crippen LogP contribution >= 0.6 is 11.8 Å². The van der Waals surface area contributed by atoms with Gasteiger partial charge in [-0.25, -0.2) is 8.42 Å². The number of thioether (sulfide) groups is 1.